The van der Waals surface area contributed by atoms with Gasteiger partial charge in [0.25, 0.3) is 0 Å². The maximum Gasteiger partial charge on any atom is 0.215 e. The monoisotopic (exact) mass is 178 g/mol. The van der Waals surface area contributed by atoms with Gasteiger partial charge in [0.1, 0.15) is 0 Å². The SMILES string of the molecule is C1=CNCC(OC2=NC=CNC2)=N1. The fraction of sp³-hybridized carbons (Fsp3) is 0.250. The van der Waals surface area contributed by atoms with Gasteiger partial charge in [0.15, 0.2) is 0 Å². The Morgan fingerprint density at radius 2 is 1.54 bits per heavy atom. The average Bonchev–Trinajstić information content (AvgIpc) is 2.21. The van der Waals surface area contributed by atoms with E-state index >= 15 is 0 Å². The van der Waals surface area contributed by atoms with Crippen molar-refractivity contribution in [1.82, 2.24) is 10.6 Å². The Bertz CT molecular complexity index is 273. The van der Waals surface area contributed by atoms with E-state index in [1.807, 2.05) is 0 Å². The highest BCUT2D eigenvalue weighted by Gasteiger charge is 2.07. The Morgan fingerprint density at radius 3 is 1.92 bits per heavy atom. The summed E-state index contributed by atoms with van der Waals surface area (Å²) in [5.74, 6) is 1.27. The van der Waals surface area contributed by atoms with Crippen LogP contribution in [-0.4, -0.2) is 24.9 Å². The molecule has 0 spiro atoms. The number of rotatable bonds is 0. The van der Waals surface area contributed by atoms with Gasteiger partial charge < -0.3 is 15.4 Å². The third kappa shape index (κ3) is 2.08. The van der Waals surface area contributed by atoms with E-state index in [2.05, 4.69) is 20.6 Å². The molecule has 2 aliphatic heterocycles. The molecule has 0 fully saturated rings. The second kappa shape index (κ2) is 3.75. The van der Waals surface area contributed by atoms with E-state index in [9.17, 15) is 0 Å². The van der Waals surface area contributed by atoms with Crippen LogP contribution in [0.4, 0.5) is 0 Å². The zero-order valence-electron chi connectivity index (χ0n) is 7.03. The van der Waals surface area contributed by atoms with Gasteiger partial charge in [-0.15, -0.1) is 0 Å². The molecule has 0 bridgehead atoms. The van der Waals surface area contributed by atoms with Crippen molar-refractivity contribution in [1.29, 1.82) is 0 Å². The van der Waals surface area contributed by atoms with Crippen LogP contribution >= 0.6 is 0 Å². The van der Waals surface area contributed by atoms with E-state index < -0.39 is 0 Å². The minimum atomic E-state index is 0.610. The van der Waals surface area contributed by atoms with E-state index in [1.54, 1.807) is 24.8 Å². The Hall–Kier alpha value is -1.78. The number of aliphatic imine (C=N–C) groups is 2. The van der Waals surface area contributed by atoms with Gasteiger partial charge in [0.05, 0.1) is 13.1 Å². The second-order valence-corrected chi connectivity index (χ2v) is 2.54. The number of hydrogen-bond donors (Lipinski definition) is 2. The smallest absolute Gasteiger partial charge is 0.215 e. The van der Waals surface area contributed by atoms with E-state index in [4.69, 9.17) is 4.74 Å². The first kappa shape index (κ1) is 7.85. The summed E-state index contributed by atoms with van der Waals surface area (Å²) in [6, 6.07) is 0. The lowest BCUT2D eigenvalue weighted by molar-refractivity contribution is 0.509. The maximum atomic E-state index is 5.40. The third-order valence-electron chi connectivity index (χ3n) is 1.56. The number of ether oxygens (including phenoxy) is 1. The molecule has 0 amide bonds. The molecule has 2 rings (SSSR count). The molecule has 0 aliphatic carbocycles. The molecule has 2 heterocycles. The summed E-state index contributed by atoms with van der Waals surface area (Å²) in [7, 11) is 0. The van der Waals surface area contributed by atoms with Gasteiger partial charge >= 0.3 is 0 Å². The summed E-state index contributed by atoms with van der Waals surface area (Å²) >= 11 is 0. The second-order valence-electron chi connectivity index (χ2n) is 2.54. The molecule has 0 aromatic heterocycles. The molecule has 5 nitrogen and oxygen atoms in total. The quantitative estimate of drug-likeness (QED) is 0.546. The van der Waals surface area contributed by atoms with Crippen LogP contribution in [0.3, 0.4) is 0 Å². The Kier molecular flexibility index (Phi) is 2.26. The highest BCUT2D eigenvalue weighted by atomic mass is 16.5. The normalized spacial score (nSPS) is 19.7. The van der Waals surface area contributed by atoms with E-state index in [0.29, 0.717) is 24.9 Å². The van der Waals surface area contributed by atoms with Crippen LogP contribution in [-0.2, 0) is 4.74 Å². The Labute approximate surface area is 75.9 Å². The Balaban J connectivity index is 1.96. The molecular formula is C8H10N4O. The summed E-state index contributed by atoms with van der Waals surface area (Å²) in [4.78, 5) is 8.08. The fourth-order valence-electron chi connectivity index (χ4n) is 0.991. The van der Waals surface area contributed by atoms with Crippen molar-refractivity contribution in [2.24, 2.45) is 9.98 Å². The first-order valence-corrected chi connectivity index (χ1v) is 4.03. The molecule has 2 N–H and O–H groups in total. The van der Waals surface area contributed by atoms with Crippen LogP contribution in [0.15, 0.2) is 34.8 Å². The zero-order chi connectivity index (χ0) is 8.93. The largest absolute Gasteiger partial charge is 0.425 e. The standard InChI is InChI=1S/C8H10N4O/c1-3-11-7(5-9-1)13-8-6-10-2-4-12-8/h1-4,9-10H,5-6H2. The average molecular weight is 178 g/mol. The number of nitrogens with one attached hydrogen (secondary N) is 2. The zero-order valence-corrected chi connectivity index (χ0v) is 7.03. The van der Waals surface area contributed by atoms with Crippen LogP contribution in [0, 0.1) is 0 Å². The first-order chi connectivity index (χ1) is 6.45. The molecular weight excluding hydrogens is 168 g/mol. The lowest BCUT2D eigenvalue weighted by Gasteiger charge is -2.13. The predicted octanol–water partition coefficient (Wildman–Crippen LogP) is -0.0512. The molecule has 2 aliphatic rings. The Morgan fingerprint density at radius 1 is 1.00 bits per heavy atom. The summed E-state index contributed by atoms with van der Waals surface area (Å²) in [5.41, 5.74) is 0. The molecule has 13 heavy (non-hydrogen) atoms. The van der Waals surface area contributed by atoms with E-state index in [-0.39, 0.29) is 0 Å². The summed E-state index contributed by atoms with van der Waals surface area (Å²) in [5, 5.41) is 5.99. The fourth-order valence-corrected chi connectivity index (χ4v) is 0.991. The minimum Gasteiger partial charge on any atom is -0.425 e. The lowest BCUT2D eigenvalue weighted by Crippen LogP contribution is -2.30. The van der Waals surface area contributed by atoms with E-state index in [1.165, 1.54) is 0 Å². The van der Waals surface area contributed by atoms with Gasteiger partial charge in [0, 0.05) is 24.8 Å². The molecule has 0 saturated heterocycles. The predicted molar refractivity (Wildman–Crippen MR) is 50.2 cm³/mol. The van der Waals surface area contributed by atoms with Crippen molar-refractivity contribution in [3.63, 3.8) is 0 Å². The lowest BCUT2D eigenvalue weighted by atomic mass is 10.5. The van der Waals surface area contributed by atoms with Crippen LogP contribution in [0.1, 0.15) is 0 Å². The maximum absolute atomic E-state index is 5.40. The van der Waals surface area contributed by atoms with Crippen LogP contribution in [0.2, 0.25) is 0 Å². The van der Waals surface area contributed by atoms with Crippen LogP contribution < -0.4 is 10.6 Å². The van der Waals surface area contributed by atoms with Crippen molar-refractivity contribution < 1.29 is 4.74 Å². The summed E-state index contributed by atoms with van der Waals surface area (Å²) in [6.45, 7) is 1.22. The number of hydrogen-bond acceptors (Lipinski definition) is 5. The molecule has 0 aromatic rings. The number of nitrogens with zero attached hydrogens (tertiary/aromatic N) is 2. The van der Waals surface area contributed by atoms with Crippen LogP contribution in [0.25, 0.3) is 0 Å². The molecule has 0 unspecified atom stereocenters. The van der Waals surface area contributed by atoms with E-state index in [0.717, 1.165) is 0 Å². The van der Waals surface area contributed by atoms with Gasteiger partial charge in [-0.1, -0.05) is 0 Å². The first-order valence-electron chi connectivity index (χ1n) is 4.03. The molecule has 68 valence electrons. The molecule has 0 atom stereocenters. The van der Waals surface area contributed by atoms with Gasteiger partial charge in [-0.3, -0.25) is 0 Å². The van der Waals surface area contributed by atoms with Crippen molar-refractivity contribution in [2.75, 3.05) is 13.1 Å². The highest BCUT2D eigenvalue weighted by molar-refractivity contribution is 5.94. The van der Waals surface area contributed by atoms with Crippen molar-refractivity contribution >= 4 is 11.8 Å². The van der Waals surface area contributed by atoms with Crippen molar-refractivity contribution in [2.45, 2.75) is 0 Å². The third-order valence-corrected chi connectivity index (χ3v) is 1.56. The molecule has 0 saturated carbocycles. The van der Waals surface area contributed by atoms with Crippen molar-refractivity contribution in [3.8, 4) is 0 Å². The van der Waals surface area contributed by atoms with Gasteiger partial charge in [-0.2, -0.15) is 0 Å². The van der Waals surface area contributed by atoms with Crippen molar-refractivity contribution in [3.05, 3.63) is 24.8 Å². The topological polar surface area (TPSA) is 58.0 Å². The molecule has 5 heteroatoms. The van der Waals surface area contributed by atoms with Gasteiger partial charge in [0.2, 0.25) is 11.8 Å². The molecule has 0 radical (unpaired) electrons. The molecule has 0 aromatic carbocycles. The van der Waals surface area contributed by atoms with Gasteiger partial charge in [-0.25, -0.2) is 9.98 Å². The highest BCUT2D eigenvalue weighted by Crippen LogP contribution is 1.94. The summed E-state index contributed by atoms with van der Waals surface area (Å²) < 4.78 is 5.40. The summed E-state index contributed by atoms with van der Waals surface area (Å²) in [6.07, 6.45) is 6.86. The minimum absolute atomic E-state index is 0.610. The van der Waals surface area contributed by atoms with Gasteiger partial charge in [-0.05, 0) is 0 Å². The van der Waals surface area contributed by atoms with Crippen LogP contribution in [0.5, 0.6) is 0 Å².